The van der Waals surface area contributed by atoms with Crippen LogP contribution in [0.3, 0.4) is 0 Å². The third-order valence-corrected chi connectivity index (χ3v) is 6.14. The number of aliphatic carboxylic acids is 1. The van der Waals surface area contributed by atoms with Gasteiger partial charge >= 0.3 is 5.97 Å². The highest BCUT2D eigenvalue weighted by atomic mass is 32.2. The minimum absolute atomic E-state index is 0.0217. The maximum absolute atomic E-state index is 12.3. The lowest BCUT2D eigenvalue weighted by atomic mass is 9.79. The van der Waals surface area contributed by atoms with Gasteiger partial charge < -0.3 is 10.4 Å². The van der Waals surface area contributed by atoms with Crippen molar-refractivity contribution in [1.82, 2.24) is 4.98 Å². The molecule has 1 aromatic carbocycles. The van der Waals surface area contributed by atoms with Gasteiger partial charge in [-0.15, -0.1) is 11.3 Å². The molecule has 0 saturated carbocycles. The van der Waals surface area contributed by atoms with Gasteiger partial charge in [0.25, 0.3) is 0 Å². The largest absolute Gasteiger partial charge is 0.481 e. The Bertz CT molecular complexity index is 723. The Morgan fingerprint density at radius 1 is 1.35 bits per heavy atom. The molecule has 0 aliphatic heterocycles. The summed E-state index contributed by atoms with van der Waals surface area (Å²) >= 11 is 3.16. The van der Waals surface area contributed by atoms with E-state index in [1.165, 1.54) is 0 Å². The third kappa shape index (κ3) is 3.84. The number of carboxylic acid groups (broad SMARTS) is 1. The number of carboxylic acids is 1. The van der Waals surface area contributed by atoms with Crippen molar-refractivity contribution in [2.24, 2.45) is 5.41 Å². The number of aromatic nitrogens is 1. The average Bonchev–Trinajstić information content (AvgIpc) is 2.94. The second kappa shape index (κ2) is 7.31. The lowest BCUT2D eigenvalue weighted by Crippen LogP contribution is -2.34. The normalized spacial score (nSPS) is 11.6. The van der Waals surface area contributed by atoms with Crippen LogP contribution in [0.2, 0.25) is 0 Å². The van der Waals surface area contributed by atoms with Crippen LogP contribution in [-0.2, 0) is 9.59 Å². The van der Waals surface area contributed by atoms with E-state index in [4.69, 9.17) is 0 Å². The Balaban J connectivity index is 2.14. The number of benzene rings is 1. The van der Waals surface area contributed by atoms with E-state index < -0.39 is 11.4 Å². The van der Waals surface area contributed by atoms with E-state index in [0.717, 1.165) is 14.6 Å². The molecule has 0 saturated heterocycles. The number of nitrogens with zero attached hydrogens (tertiary/aromatic N) is 1. The number of hydrogen-bond donors (Lipinski definition) is 2. The summed E-state index contributed by atoms with van der Waals surface area (Å²) in [5.74, 6) is -1.19. The van der Waals surface area contributed by atoms with Gasteiger partial charge in [0.2, 0.25) is 5.91 Å². The molecule has 1 aromatic heterocycles. The summed E-state index contributed by atoms with van der Waals surface area (Å²) in [6.07, 6.45) is 2.81. The van der Waals surface area contributed by atoms with Crippen molar-refractivity contribution in [3.8, 4) is 0 Å². The summed E-state index contributed by atoms with van der Waals surface area (Å²) in [6, 6.07) is 5.54. The molecule has 124 valence electrons. The second-order valence-corrected chi connectivity index (χ2v) is 7.47. The van der Waals surface area contributed by atoms with Gasteiger partial charge in [0, 0.05) is 12.1 Å². The highest BCUT2D eigenvalue weighted by Gasteiger charge is 2.37. The SMILES string of the molecule is CCC(CC)(CC(=O)Nc1ccc2nc(SC)sc2c1)C(=O)O. The van der Waals surface area contributed by atoms with Crippen LogP contribution in [-0.4, -0.2) is 28.2 Å². The number of rotatable bonds is 7. The van der Waals surface area contributed by atoms with Crippen LogP contribution in [0.4, 0.5) is 5.69 Å². The van der Waals surface area contributed by atoms with Gasteiger partial charge in [0.15, 0.2) is 4.34 Å². The molecule has 0 fully saturated rings. The van der Waals surface area contributed by atoms with Gasteiger partial charge in [-0.05, 0) is 37.3 Å². The van der Waals surface area contributed by atoms with Crippen LogP contribution >= 0.6 is 23.1 Å². The van der Waals surface area contributed by atoms with Crippen LogP contribution in [0, 0.1) is 5.41 Å². The van der Waals surface area contributed by atoms with E-state index >= 15 is 0 Å². The molecule has 1 amide bonds. The van der Waals surface area contributed by atoms with Gasteiger partial charge in [0.05, 0.1) is 15.6 Å². The smallest absolute Gasteiger partial charge is 0.310 e. The highest BCUT2D eigenvalue weighted by molar-refractivity contribution is 8.00. The summed E-state index contributed by atoms with van der Waals surface area (Å²) in [5.41, 5.74) is 0.578. The first-order valence-corrected chi connectivity index (χ1v) is 9.46. The maximum Gasteiger partial charge on any atom is 0.310 e. The lowest BCUT2D eigenvalue weighted by molar-refractivity contribution is -0.151. The van der Waals surface area contributed by atoms with Crippen molar-refractivity contribution in [2.75, 3.05) is 11.6 Å². The average molecular weight is 352 g/mol. The number of carbonyl (C=O) groups is 2. The van der Waals surface area contributed by atoms with E-state index in [1.54, 1.807) is 43.0 Å². The van der Waals surface area contributed by atoms with Crippen molar-refractivity contribution in [1.29, 1.82) is 0 Å². The summed E-state index contributed by atoms with van der Waals surface area (Å²) in [6.45, 7) is 3.61. The van der Waals surface area contributed by atoms with E-state index in [2.05, 4.69) is 10.3 Å². The quantitative estimate of drug-likeness (QED) is 0.729. The number of amides is 1. The number of thiazole rings is 1. The maximum atomic E-state index is 12.3. The van der Waals surface area contributed by atoms with E-state index in [1.807, 2.05) is 18.4 Å². The zero-order valence-corrected chi connectivity index (χ0v) is 15.0. The molecule has 23 heavy (non-hydrogen) atoms. The zero-order valence-electron chi connectivity index (χ0n) is 13.4. The Morgan fingerprint density at radius 3 is 2.61 bits per heavy atom. The van der Waals surface area contributed by atoms with Crippen molar-refractivity contribution in [3.05, 3.63) is 18.2 Å². The summed E-state index contributed by atoms with van der Waals surface area (Å²) < 4.78 is 1.98. The number of thioether (sulfide) groups is 1. The summed E-state index contributed by atoms with van der Waals surface area (Å²) in [7, 11) is 0. The van der Waals surface area contributed by atoms with Crippen LogP contribution in [0.25, 0.3) is 10.2 Å². The summed E-state index contributed by atoms with van der Waals surface area (Å²) in [4.78, 5) is 28.2. The van der Waals surface area contributed by atoms with Crippen molar-refractivity contribution in [3.63, 3.8) is 0 Å². The van der Waals surface area contributed by atoms with Gasteiger partial charge in [-0.1, -0.05) is 25.6 Å². The molecule has 2 rings (SSSR count). The van der Waals surface area contributed by atoms with Crippen molar-refractivity contribution in [2.45, 2.75) is 37.4 Å². The van der Waals surface area contributed by atoms with Gasteiger partial charge in [-0.2, -0.15) is 0 Å². The molecule has 0 aliphatic rings. The summed E-state index contributed by atoms with van der Waals surface area (Å²) in [5, 5.41) is 12.2. The molecule has 1 heterocycles. The predicted octanol–water partition coefficient (Wildman–Crippen LogP) is 4.24. The number of hydrogen-bond acceptors (Lipinski definition) is 5. The third-order valence-electron chi connectivity index (χ3n) is 4.13. The van der Waals surface area contributed by atoms with Crippen LogP contribution in [0.1, 0.15) is 33.1 Å². The molecule has 0 aliphatic carbocycles. The number of anilines is 1. The molecule has 0 radical (unpaired) electrons. The fourth-order valence-corrected chi connectivity index (χ4v) is 3.99. The first-order valence-electron chi connectivity index (χ1n) is 7.42. The minimum Gasteiger partial charge on any atom is -0.481 e. The van der Waals surface area contributed by atoms with Crippen molar-refractivity contribution >= 4 is 50.9 Å². The molecule has 5 nitrogen and oxygen atoms in total. The number of nitrogens with one attached hydrogen (secondary N) is 1. The van der Waals surface area contributed by atoms with Gasteiger partial charge in [-0.25, -0.2) is 4.98 Å². The second-order valence-electron chi connectivity index (χ2n) is 5.38. The van der Waals surface area contributed by atoms with Crippen LogP contribution < -0.4 is 5.32 Å². The Hall–Kier alpha value is -1.60. The van der Waals surface area contributed by atoms with E-state index in [0.29, 0.717) is 18.5 Å². The van der Waals surface area contributed by atoms with Crippen LogP contribution in [0.5, 0.6) is 0 Å². The molecule has 0 unspecified atom stereocenters. The first kappa shape index (κ1) is 17.7. The van der Waals surface area contributed by atoms with Gasteiger partial charge in [-0.3, -0.25) is 9.59 Å². The molecule has 0 atom stereocenters. The Kier molecular flexibility index (Phi) is 5.64. The first-order chi connectivity index (χ1) is 10.9. The highest BCUT2D eigenvalue weighted by Crippen LogP contribution is 2.33. The lowest BCUT2D eigenvalue weighted by Gasteiger charge is -2.25. The van der Waals surface area contributed by atoms with Crippen LogP contribution in [0.15, 0.2) is 22.5 Å². The minimum atomic E-state index is -0.995. The molecule has 0 spiro atoms. The number of fused-ring (bicyclic) bond motifs is 1. The Morgan fingerprint density at radius 2 is 2.04 bits per heavy atom. The van der Waals surface area contributed by atoms with E-state index in [-0.39, 0.29) is 12.3 Å². The molecule has 2 aromatic rings. The van der Waals surface area contributed by atoms with E-state index in [9.17, 15) is 14.7 Å². The standard InChI is InChI=1S/C16H20N2O3S2/c1-4-16(5-2,14(20)21)9-13(19)17-10-6-7-11-12(8-10)23-15(18-11)22-3/h6-8H,4-5,9H2,1-3H3,(H,17,19)(H,20,21). The molecular formula is C16H20N2O3S2. The van der Waals surface area contributed by atoms with Gasteiger partial charge in [0.1, 0.15) is 0 Å². The fraction of sp³-hybridized carbons (Fsp3) is 0.438. The zero-order chi connectivity index (χ0) is 17.0. The van der Waals surface area contributed by atoms with Crippen molar-refractivity contribution < 1.29 is 14.7 Å². The molecule has 2 N–H and O–H groups in total. The monoisotopic (exact) mass is 352 g/mol. The molecule has 7 heteroatoms. The number of carbonyl (C=O) groups excluding carboxylic acids is 1. The molecular weight excluding hydrogens is 332 g/mol. The Labute approximate surface area is 143 Å². The molecule has 0 bridgehead atoms. The fourth-order valence-electron chi connectivity index (χ4n) is 2.46. The predicted molar refractivity (Wildman–Crippen MR) is 95.3 cm³/mol. The topological polar surface area (TPSA) is 79.3 Å².